The van der Waals surface area contributed by atoms with E-state index in [2.05, 4.69) is 0 Å². The van der Waals surface area contributed by atoms with Gasteiger partial charge in [-0.15, -0.1) is 0 Å². The second kappa shape index (κ2) is 8.73. The average Bonchev–Trinajstić information content (AvgIpc) is 2.65. The number of methoxy groups -OCH3 is 2. The molecule has 0 radical (unpaired) electrons. The van der Waals surface area contributed by atoms with Crippen molar-refractivity contribution in [1.29, 1.82) is 0 Å². The summed E-state index contributed by atoms with van der Waals surface area (Å²) >= 11 is 0. The van der Waals surface area contributed by atoms with Crippen molar-refractivity contribution in [3.63, 3.8) is 0 Å². The molecule has 0 aliphatic rings. The van der Waals surface area contributed by atoms with Crippen LogP contribution in [0.15, 0.2) is 48.5 Å². The van der Waals surface area contributed by atoms with E-state index in [0.717, 1.165) is 5.56 Å². The molecule has 0 fully saturated rings. The molecule has 0 atom stereocenters. The van der Waals surface area contributed by atoms with Gasteiger partial charge in [0.15, 0.2) is 18.1 Å². The third-order valence-electron chi connectivity index (χ3n) is 3.63. The first kappa shape index (κ1) is 18.3. The number of hydrogen-bond acceptors (Lipinski definition) is 5. The monoisotopic (exact) mass is 343 g/mol. The number of ether oxygens (including phenoxy) is 3. The van der Waals surface area contributed by atoms with Crippen LogP contribution in [0.25, 0.3) is 0 Å². The summed E-state index contributed by atoms with van der Waals surface area (Å²) in [4.78, 5) is 25.7. The standard InChI is InChI=1S/C19H21NO5/c1-20(12-14-7-5-4-6-8-14)18(21)13-25-19(22)15-9-10-16(23-2)17(11-15)24-3/h4-11H,12-13H2,1-3H3. The summed E-state index contributed by atoms with van der Waals surface area (Å²) in [5.41, 5.74) is 1.29. The van der Waals surface area contributed by atoms with Crippen molar-refractivity contribution < 1.29 is 23.8 Å². The van der Waals surface area contributed by atoms with E-state index >= 15 is 0 Å². The Labute approximate surface area is 146 Å². The summed E-state index contributed by atoms with van der Waals surface area (Å²) < 4.78 is 15.4. The fourth-order valence-corrected chi connectivity index (χ4v) is 2.23. The van der Waals surface area contributed by atoms with Gasteiger partial charge >= 0.3 is 5.97 Å². The molecule has 0 heterocycles. The molecule has 0 N–H and O–H groups in total. The van der Waals surface area contributed by atoms with E-state index < -0.39 is 5.97 Å². The van der Waals surface area contributed by atoms with Crippen LogP contribution in [-0.4, -0.2) is 44.7 Å². The van der Waals surface area contributed by atoms with E-state index in [-0.39, 0.29) is 18.1 Å². The van der Waals surface area contributed by atoms with Crippen molar-refractivity contribution in [2.75, 3.05) is 27.9 Å². The quantitative estimate of drug-likeness (QED) is 0.723. The first-order valence-corrected chi connectivity index (χ1v) is 7.72. The number of amides is 1. The highest BCUT2D eigenvalue weighted by atomic mass is 16.5. The van der Waals surface area contributed by atoms with Crippen LogP contribution in [0, 0.1) is 0 Å². The normalized spacial score (nSPS) is 10.0. The summed E-state index contributed by atoms with van der Waals surface area (Å²) in [6, 6.07) is 14.3. The van der Waals surface area contributed by atoms with Gasteiger partial charge in [-0.25, -0.2) is 4.79 Å². The zero-order chi connectivity index (χ0) is 18.2. The molecule has 132 valence electrons. The molecule has 2 rings (SSSR count). The lowest BCUT2D eigenvalue weighted by molar-refractivity contribution is -0.133. The highest BCUT2D eigenvalue weighted by molar-refractivity contribution is 5.92. The molecule has 6 nitrogen and oxygen atoms in total. The topological polar surface area (TPSA) is 65.1 Å². The molecule has 0 saturated carbocycles. The van der Waals surface area contributed by atoms with Crippen molar-refractivity contribution in [2.45, 2.75) is 6.54 Å². The first-order chi connectivity index (χ1) is 12.0. The summed E-state index contributed by atoms with van der Waals surface area (Å²) in [6.07, 6.45) is 0. The molecule has 0 aliphatic heterocycles. The van der Waals surface area contributed by atoms with E-state index in [1.165, 1.54) is 25.2 Å². The van der Waals surface area contributed by atoms with Crippen LogP contribution in [0.4, 0.5) is 0 Å². The molecule has 1 amide bonds. The minimum atomic E-state index is -0.595. The molecule has 2 aromatic carbocycles. The van der Waals surface area contributed by atoms with Crippen LogP contribution in [0.1, 0.15) is 15.9 Å². The maximum Gasteiger partial charge on any atom is 0.338 e. The number of carbonyl (C=O) groups is 2. The zero-order valence-corrected chi connectivity index (χ0v) is 14.5. The van der Waals surface area contributed by atoms with Gasteiger partial charge in [0.2, 0.25) is 0 Å². The number of benzene rings is 2. The van der Waals surface area contributed by atoms with E-state index in [9.17, 15) is 9.59 Å². The molecule has 0 saturated heterocycles. The molecular formula is C19H21NO5. The molecule has 2 aromatic rings. The van der Waals surface area contributed by atoms with Crippen LogP contribution in [0.3, 0.4) is 0 Å². The lowest BCUT2D eigenvalue weighted by Gasteiger charge is -2.17. The number of carbonyl (C=O) groups excluding carboxylic acids is 2. The fraction of sp³-hybridized carbons (Fsp3) is 0.263. The second-order valence-corrected chi connectivity index (χ2v) is 5.38. The molecule has 6 heteroatoms. The first-order valence-electron chi connectivity index (χ1n) is 7.72. The third-order valence-corrected chi connectivity index (χ3v) is 3.63. The van der Waals surface area contributed by atoms with Crippen molar-refractivity contribution in [1.82, 2.24) is 4.90 Å². The van der Waals surface area contributed by atoms with Gasteiger partial charge in [-0.05, 0) is 23.8 Å². The van der Waals surface area contributed by atoms with Crippen LogP contribution >= 0.6 is 0 Å². The van der Waals surface area contributed by atoms with Crippen molar-refractivity contribution >= 4 is 11.9 Å². The predicted octanol–water partition coefficient (Wildman–Crippen LogP) is 2.52. The van der Waals surface area contributed by atoms with Crippen LogP contribution in [0.5, 0.6) is 11.5 Å². The molecule has 0 spiro atoms. The number of hydrogen-bond donors (Lipinski definition) is 0. The van der Waals surface area contributed by atoms with Gasteiger partial charge < -0.3 is 19.1 Å². The minimum Gasteiger partial charge on any atom is -0.493 e. The van der Waals surface area contributed by atoms with Gasteiger partial charge in [-0.2, -0.15) is 0 Å². The van der Waals surface area contributed by atoms with Crippen molar-refractivity contribution in [3.8, 4) is 11.5 Å². The van der Waals surface area contributed by atoms with Crippen LogP contribution < -0.4 is 9.47 Å². The Morgan fingerprint density at radius 1 is 0.960 bits per heavy atom. The Balaban J connectivity index is 1.91. The summed E-state index contributed by atoms with van der Waals surface area (Å²) in [5.74, 6) is 0.0577. The fourth-order valence-electron chi connectivity index (χ4n) is 2.23. The highest BCUT2D eigenvalue weighted by Crippen LogP contribution is 2.27. The Morgan fingerprint density at radius 3 is 2.28 bits per heavy atom. The molecule has 0 unspecified atom stereocenters. The van der Waals surface area contributed by atoms with E-state index in [1.54, 1.807) is 19.2 Å². The van der Waals surface area contributed by atoms with E-state index in [4.69, 9.17) is 14.2 Å². The SMILES string of the molecule is COc1ccc(C(=O)OCC(=O)N(C)Cc2ccccc2)cc1OC. The Bertz CT molecular complexity index is 730. The maximum absolute atomic E-state index is 12.1. The Kier molecular flexibility index (Phi) is 6.39. The lowest BCUT2D eigenvalue weighted by atomic mass is 10.2. The van der Waals surface area contributed by atoms with Crippen molar-refractivity contribution in [3.05, 3.63) is 59.7 Å². The highest BCUT2D eigenvalue weighted by Gasteiger charge is 2.15. The number of esters is 1. The molecule has 0 aromatic heterocycles. The van der Waals surface area contributed by atoms with Gasteiger partial charge in [0.1, 0.15) is 0 Å². The van der Waals surface area contributed by atoms with E-state index in [0.29, 0.717) is 18.0 Å². The van der Waals surface area contributed by atoms with Crippen molar-refractivity contribution in [2.24, 2.45) is 0 Å². The third kappa shape index (κ3) is 4.97. The zero-order valence-electron chi connectivity index (χ0n) is 14.5. The summed E-state index contributed by atoms with van der Waals surface area (Å²) in [5, 5.41) is 0. The second-order valence-electron chi connectivity index (χ2n) is 5.38. The predicted molar refractivity (Wildman–Crippen MR) is 92.7 cm³/mol. The van der Waals surface area contributed by atoms with Gasteiger partial charge in [0.25, 0.3) is 5.91 Å². The minimum absolute atomic E-state index is 0.280. The average molecular weight is 343 g/mol. The maximum atomic E-state index is 12.1. The number of nitrogens with zero attached hydrogens (tertiary/aromatic N) is 1. The van der Waals surface area contributed by atoms with E-state index in [1.807, 2.05) is 30.3 Å². The molecule has 25 heavy (non-hydrogen) atoms. The summed E-state index contributed by atoms with van der Waals surface area (Å²) in [7, 11) is 4.66. The number of rotatable bonds is 7. The van der Waals surface area contributed by atoms with Gasteiger partial charge in [0, 0.05) is 13.6 Å². The van der Waals surface area contributed by atoms with Gasteiger partial charge in [-0.3, -0.25) is 4.79 Å². The molecular weight excluding hydrogens is 322 g/mol. The number of likely N-dealkylation sites (N-methyl/N-ethyl adjacent to an activating group) is 1. The molecule has 0 bridgehead atoms. The Hall–Kier alpha value is -3.02. The summed E-state index contributed by atoms with van der Waals surface area (Å²) in [6.45, 7) is 0.129. The largest absolute Gasteiger partial charge is 0.493 e. The van der Waals surface area contributed by atoms with Crippen LogP contribution in [-0.2, 0) is 16.1 Å². The van der Waals surface area contributed by atoms with Crippen LogP contribution in [0.2, 0.25) is 0 Å². The smallest absolute Gasteiger partial charge is 0.338 e. The lowest BCUT2D eigenvalue weighted by Crippen LogP contribution is -2.30. The van der Waals surface area contributed by atoms with Gasteiger partial charge in [0.05, 0.1) is 19.8 Å². The Morgan fingerprint density at radius 2 is 1.64 bits per heavy atom. The van der Waals surface area contributed by atoms with Gasteiger partial charge in [-0.1, -0.05) is 30.3 Å². The molecule has 0 aliphatic carbocycles.